The molecule has 1 aliphatic heterocycles. The lowest BCUT2D eigenvalue weighted by atomic mass is 10.1. The first kappa shape index (κ1) is 17.9. The number of amides is 1. The van der Waals surface area contributed by atoms with Gasteiger partial charge in [0, 0.05) is 48.9 Å². The molecule has 1 aliphatic rings. The van der Waals surface area contributed by atoms with Crippen LogP contribution in [-0.2, 0) is 6.42 Å². The zero-order chi connectivity index (χ0) is 17.6. The molecular weight excluding hydrogens is 332 g/mol. The second kappa shape index (κ2) is 8.45. The fraction of sp³-hybridized carbons (Fsp3) is 0.474. The molecule has 1 aromatic carbocycles. The Hall–Kier alpha value is -1.92. The predicted octanol–water partition coefficient (Wildman–Crippen LogP) is 2.57. The summed E-state index contributed by atoms with van der Waals surface area (Å²) in [4.78, 5) is 22.5. The Kier molecular flexibility index (Phi) is 6.04. The topological polar surface area (TPSA) is 48.5 Å². The van der Waals surface area contributed by atoms with Crippen molar-refractivity contribution in [3.05, 3.63) is 45.9 Å². The molecule has 0 radical (unpaired) electrons. The molecule has 0 saturated carbocycles. The first-order valence-corrected chi connectivity index (χ1v) is 9.72. The van der Waals surface area contributed by atoms with E-state index in [2.05, 4.69) is 39.3 Å². The van der Waals surface area contributed by atoms with Gasteiger partial charge in [0.25, 0.3) is 5.91 Å². The van der Waals surface area contributed by atoms with Gasteiger partial charge in [0.15, 0.2) is 0 Å². The second-order valence-electron chi connectivity index (χ2n) is 6.56. The first-order valence-electron chi connectivity index (χ1n) is 8.84. The molecule has 0 bridgehead atoms. The number of carbonyl (C=O) groups is 1. The minimum absolute atomic E-state index is 0.00551. The average molecular weight is 359 g/mol. The van der Waals surface area contributed by atoms with Crippen molar-refractivity contribution in [1.82, 2.24) is 15.2 Å². The van der Waals surface area contributed by atoms with Gasteiger partial charge in [0.2, 0.25) is 0 Å². The Morgan fingerprint density at radius 2 is 1.92 bits per heavy atom. The monoisotopic (exact) mass is 358 g/mol. The Labute approximate surface area is 153 Å². The largest absolute Gasteiger partial charge is 0.369 e. The highest BCUT2D eigenvalue weighted by molar-refractivity contribution is 7.09. The summed E-state index contributed by atoms with van der Waals surface area (Å²) in [5, 5.41) is 3.01. The van der Waals surface area contributed by atoms with Crippen molar-refractivity contribution in [2.24, 2.45) is 0 Å². The van der Waals surface area contributed by atoms with Crippen molar-refractivity contribution in [2.45, 2.75) is 19.8 Å². The number of rotatable bonds is 6. The van der Waals surface area contributed by atoms with Crippen molar-refractivity contribution >= 4 is 22.9 Å². The van der Waals surface area contributed by atoms with E-state index in [1.807, 2.05) is 24.6 Å². The number of nitrogens with one attached hydrogen (secondary N) is 1. The molecule has 25 heavy (non-hydrogen) atoms. The van der Waals surface area contributed by atoms with Gasteiger partial charge in [-0.05, 0) is 51.1 Å². The zero-order valence-electron chi connectivity index (χ0n) is 15.0. The summed E-state index contributed by atoms with van der Waals surface area (Å²) >= 11 is 1.69. The van der Waals surface area contributed by atoms with Crippen molar-refractivity contribution in [3.8, 4) is 0 Å². The molecule has 134 valence electrons. The fourth-order valence-electron chi connectivity index (χ4n) is 3.01. The molecule has 0 atom stereocenters. The maximum atomic E-state index is 12.3. The number of hydrogen-bond donors (Lipinski definition) is 1. The molecule has 0 spiro atoms. The van der Waals surface area contributed by atoms with Gasteiger partial charge in [0.05, 0.1) is 11.2 Å². The maximum absolute atomic E-state index is 12.3. The lowest BCUT2D eigenvalue weighted by molar-refractivity contribution is 0.0953. The van der Waals surface area contributed by atoms with Crippen molar-refractivity contribution in [1.29, 1.82) is 0 Å². The number of aromatic nitrogens is 1. The SMILES string of the molecule is Cc1ncsc1CCCNC(=O)c1ccc(N2CCN(C)CC2)cc1. The quantitative estimate of drug-likeness (QED) is 0.807. The van der Waals surface area contributed by atoms with E-state index in [1.165, 1.54) is 10.6 Å². The van der Waals surface area contributed by atoms with Crippen LogP contribution < -0.4 is 10.2 Å². The summed E-state index contributed by atoms with van der Waals surface area (Å²) in [6.07, 6.45) is 1.91. The third-order valence-corrected chi connectivity index (χ3v) is 5.70. The van der Waals surface area contributed by atoms with Crippen LogP contribution in [0.15, 0.2) is 29.8 Å². The summed E-state index contributed by atoms with van der Waals surface area (Å²) in [7, 11) is 2.15. The molecule has 6 heteroatoms. The van der Waals surface area contributed by atoms with Crippen LogP contribution in [0.4, 0.5) is 5.69 Å². The minimum atomic E-state index is 0.00551. The third-order valence-electron chi connectivity index (χ3n) is 4.71. The molecule has 2 aromatic rings. The van der Waals surface area contributed by atoms with E-state index >= 15 is 0 Å². The molecule has 1 saturated heterocycles. The van der Waals surface area contributed by atoms with E-state index in [4.69, 9.17) is 0 Å². The Morgan fingerprint density at radius 3 is 2.56 bits per heavy atom. The normalized spacial score (nSPS) is 15.4. The van der Waals surface area contributed by atoms with Crippen LogP contribution in [0.5, 0.6) is 0 Å². The highest BCUT2D eigenvalue weighted by Crippen LogP contribution is 2.17. The van der Waals surface area contributed by atoms with Crippen LogP contribution in [-0.4, -0.2) is 55.6 Å². The smallest absolute Gasteiger partial charge is 0.251 e. The van der Waals surface area contributed by atoms with Crippen molar-refractivity contribution in [3.63, 3.8) is 0 Å². The van der Waals surface area contributed by atoms with E-state index in [1.54, 1.807) is 11.3 Å². The second-order valence-corrected chi connectivity index (χ2v) is 7.50. The third kappa shape index (κ3) is 4.80. The summed E-state index contributed by atoms with van der Waals surface area (Å²) in [6.45, 7) is 6.98. The number of piperazine rings is 1. The highest BCUT2D eigenvalue weighted by Gasteiger charge is 2.14. The van der Waals surface area contributed by atoms with Gasteiger partial charge in [-0.1, -0.05) is 0 Å². The summed E-state index contributed by atoms with van der Waals surface area (Å²) in [6, 6.07) is 7.97. The first-order chi connectivity index (χ1) is 12.1. The summed E-state index contributed by atoms with van der Waals surface area (Å²) < 4.78 is 0. The molecule has 2 heterocycles. The van der Waals surface area contributed by atoms with E-state index in [0.29, 0.717) is 6.54 Å². The molecule has 1 fully saturated rings. The van der Waals surface area contributed by atoms with Gasteiger partial charge >= 0.3 is 0 Å². The number of nitrogens with zero attached hydrogens (tertiary/aromatic N) is 3. The fourth-order valence-corrected chi connectivity index (χ4v) is 3.83. The standard InChI is InChI=1S/C19H26N4OS/c1-15-18(25-14-21-15)4-3-9-20-19(24)16-5-7-17(8-6-16)23-12-10-22(2)11-13-23/h5-8,14H,3-4,9-13H2,1-2H3,(H,20,24). The van der Waals surface area contributed by atoms with Gasteiger partial charge < -0.3 is 15.1 Å². The Balaban J connectivity index is 1.45. The minimum Gasteiger partial charge on any atom is -0.369 e. The molecule has 0 aliphatic carbocycles. The van der Waals surface area contributed by atoms with Crippen LogP contribution in [0.2, 0.25) is 0 Å². The maximum Gasteiger partial charge on any atom is 0.251 e. The van der Waals surface area contributed by atoms with Crippen LogP contribution in [0.25, 0.3) is 0 Å². The molecular formula is C19H26N4OS. The number of benzene rings is 1. The Bertz CT molecular complexity index is 690. The van der Waals surface area contributed by atoms with Crippen molar-refractivity contribution < 1.29 is 4.79 Å². The molecule has 1 amide bonds. The van der Waals surface area contributed by atoms with E-state index in [9.17, 15) is 4.79 Å². The van der Waals surface area contributed by atoms with Crippen LogP contribution >= 0.6 is 11.3 Å². The predicted molar refractivity (Wildman–Crippen MR) is 104 cm³/mol. The van der Waals surface area contributed by atoms with E-state index in [-0.39, 0.29) is 5.91 Å². The number of aryl methyl sites for hydroxylation is 2. The summed E-state index contributed by atoms with van der Waals surface area (Å²) in [5.74, 6) is 0.00551. The lowest BCUT2D eigenvalue weighted by Gasteiger charge is -2.34. The van der Waals surface area contributed by atoms with Gasteiger partial charge in [-0.25, -0.2) is 4.98 Å². The molecule has 5 nitrogen and oxygen atoms in total. The number of hydrogen-bond acceptors (Lipinski definition) is 5. The number of thiazole rings is 1. The molecule has 1 aromatic heterocycles. The average Bonchev–Trinajstić information content (AvgIpc) is 3.04. The van der Waals surface area contributed by atoms with Crippen LogP contribution in [0.1, 0.15) is 27.3 Å². The highest BCUT2D eigenvalue weighted by atomic mass is 32.1. The van der Waals surface area contributed by atoms with Gasteiger partial charge in [-0.2, -0.15) is 0 Å². The van der Waals surface area contributed by atoms with Crippen molar-refractivity contribution in [2.75, 3.05) is 44.7 Å². The van der Waals surface area contributed by atoms with Crippen LogP contribution in [0, 0.1) is 6.92 Å². The zero-order valence-corrected chi connectivity index (χ0v) is 15.8. The number of anilines is 1. The van der Waals surface area contributed by atoms with Gasteiger partial charge in [0.1, 0.15) is 0 Å². The van der Waals surface area contributed by atoms with E-state index < -0.39 is 0 Å². The van der Waals surface area contributed by atoms with Gasteiger partial charge in [-0.3, -0.25) is 4.79 Å². The van der Waals surface area contributed by atoms with Gasteiger partial charge in [-0.15, -0.1) is 11.3 Å². The number of likely N-dealkylation sites (N-methyl/N-ethyl adjacent to an activating group) is 1. The van der Waals surface area contributed by atoms with Crippen LogP contribution in [0.3, 0.4) is 0 Å². The molecule has 1 N–H and O–H groups in total. The lowest BCUT2D eigenvalue weighted by Crippen LogP contribution is -2.44. The Morgan fingerprint density at radius 1 is 1.20 bits per heavy atom. The number of carbonyl (C=O) groups excluding carboxylic acids is 1. The van der Waals surface area contributed by atoms with E-state index in [0.717, 1.165) is 50.3 Å². The molecule has 3 rings (SSSR count). The molecule has 0 unspecified atom stereocenters. The summed E-state index contributed by atoms with van der Waals surface area (Å²) in [5.41, 5.74) is 4.92.